The lowest BCUT2D eigenvalue weighted by Gasteiger charge is -2.45. The van der Waals surface area contributed by atoms with Crippen LogP contribution in [0.1, 0.15) is 34.2 Å². The first-order chi connectivity index (χ1) is 37.8. The summed E-state index contributed by atoms with van der Waals surface area (Å²) in [5.41, 5.74) is -0.136. The number of nitrogens with one attached hydrogen (secondary N) is 2. The van der Waals surface area contributed by atoms with Crippen LogP contribution >= 0.6 is 0 Å². The van der Waals surface area contributed by atoms with E-state index in [0.717, 1.165) is 9.36 Å². The van der Waals surface area contributed by atoms with Crippen molar-refractivity contribution in [3.05, 3.63) is 47.5 Å². The number of benzene rings is 1. The van der Waals surface area contributed by atoms with Crippen molar-refractivity contribution in [3.63, 3.8) is 0 Å². The first kappa shape index (κ1) is 60.9. The average Bonchev–Trinajstić information content (AvgIpc) is 4.21. The Morgan fingerprint density at radius 2 is 0.899 bits per heavy atom. The van der Waals surface area contributed by atoms with Crippen molar-refractivity contribution in [2.75, 3.05) is 52.7 Å². The van der Waals surface area contributed by atoms with Crippen LogP contribution in [0.3, 0.4) is 0 Å². The van der Waals surface area contributed by atoms with Crippen LogP contribution in [0.25, 0.3) is 0 Å². The number of carbonyl (C=O) groups is 3. The van der Waals surface area contributed by atoms with E-state index in [2.05, 4.69) is 31.3 Å². The summed E-state index contributed by atoms with van der Waals surface area (Å²) >= 11 is 0. The Labute approximate surface area is 444 Å². The van der Waals surface area contributed by atoms with Crippen molar-refractivity contribution in [1.82, 2.24) is 40.6 Å². The fraction of sp³-hybridized carbons (Fsp3) is 0.698. The number of carboxylic acid groups (broad SMARTS) is 1. The van der Waals surface area contributed by atoms with Gasteiger partial charge in [0.1, 0.15) is 147 Å². The molecule has 2 aromatic heterocycles. The van der Waals surface area contributed by atoms with Gasteiger partial charge in [-0.1, -0.05) is 10.4 Å². The maximum Gasteiger partial charge on any atom is 0.407 e. The number of nitrogens with zero attached hydrogens (tertiary/aromatic N) is 6. The molecule has 1 aromatic carbocycles. The Bertz CT molecular complexity index is 2280. The Morgan fingerprint density at radius 1 is 0.506 bits per heavy atom. The van der Waals surface area contributed by atoms with Gasteiger partial charge in [0.2, 0.25) is 0 Å². The second kappa shape index (κ2) is 27.7. The van der Waals surface area contributed by atoms with Gasteiger partial charge in [-0.25, -0.2) is 23.7 Å². The quantitative estimate of drug-likeness (QED) is 0.0392. The van der Waals surface area contributed by atoms with E-state index in [1.54, 1.807) is 0 Å². The van der Waals surface area contributed by atoms with Crippen LogP contribution in [0.4, 0.5) is 9.59 Å². The van der Waals surface area contributed by atoms with Gasteiger partial charge >= 0.3 is 18.2 Å². The minimum atomic E-state index is -1.85. The number of ether oxygens (including phenoxy) is 10. The third kappa shape index (κ3) is 14.6. The molecule has 0 saturated carbocycles. The number of rotatable bonds is 23. The van der Waals surface area contributed by atoms with E-state index in [-0.39, 0.29) is 54.8 Å². The lowest BCUT2D eigenvalue weighted by atomic mass is 9.96. The van der Waals surface area contributed by atoms with Crippen molar-refractivity contribution in [2.45, 2.75) is 136 Å². The zero-order valence-corrected chi connectivity index (χ0v) is 41.2. The number of hydrogen-bond acceptors (Lipinski definition) is 31. The third-order valence-electron chi connectivity index (χ3n) is 12.7. The lowest BCUT2D eigenvalue weighted by molar-refractivity contribution is -0.347. The first-order valence-electron chi connectivity index (χ1n) is 24.2. The van der Waals surface area contributed by atoms with Crippen LogP contribution in [0, 0.1) is 0 Å². The van der Waals surface area contributed by atoms with Crippen LogP contribution in [0.5, 0.6) is 11.5 Å². The van der Waals surface area contributed by atoms with E-state index in [4.69, 9.17) is 47.4 Å². The van der Waals surface area contributed by atoms with Crippen LogP contribution in [-0.4, -0.2) is 288 Å². The highest BCUT2D eigenvalue weighted by Gasteiger charge is 2.53. The van der Waals surface area contributed by atoms with E-state index < -0.39 is 180 Å². The van der Waals surface area contributed by atoms with Gasteiger partial charge in [-0.2, -0.15) is 0 Å². The van der Waals surface area contributed by atoms with Crippen molar-refractivity contribution >= 4 is 18.2 Å². The van der Waals surface area contributed by atoms with E-state index >= 15 is 0 Å². The van der Waals surface area contributed by atoms with Gasteiger partial charge in [0.25, 0.3) is 0 Å². The minimum Gasteiger partial charge on any atom is -0.492 e. The van der Waals surface area contributed by atoms with E-state index in [1.165, 1.54) is 30.6 Å². The van der Waals surface area contributed by atoms with Crippen molar-refractivity contribution in [3.8, 4) is 11.5 Å². The summed E-state index contributed by atoms with van der Waals surface area (Å²) < 4.78 is 56.5. The minimum absolute atomic E-state index is 0.0308. The summed E-state index contributed by atoms with van der Waals surface area (Å²) in [5, 5.41) is 173. The molecule has 7 rings (SSSR count). The average molecular weight is 1140 g/mol. The molecule has 2 amide bonds. The van der Waals surface area contributed by atoms with Crippen LogP contribution in [0.15, 0.2) is 30.6 Å². The van der Waals surface area contributed by atoms with Crippen molar-refractivity contribution < 1.29 is 138 Å². The molecule has 0 bridgehead atoms. The summed E-state index contributed by atoms with van der Waals surface area (Å²) in [4.78, 5) is 36.8. The summed E-state index contributed by atoms with van der Waals surface area (Å²) in [6, 6.07) is 3.73. The molecule has 0 radical (unpaired) electrons. The van der Waals surface area contributed by atoms with Crippen LogP contribution in [0.2, 0.25) is 0 Å². The Morgan fingerprint density at radius 3 is 1.27 bits per heavy atom. The Balaban J connectivity index is 0.800. The van der Waals surface area contributed by atoms with Gasteiger partial charge in [0.05, 0.1) is 57.5 Å². The molecule has 4 saturated heterocycles. The summed E-state index contributed by atoms with van der Waals surface area (Å²) in [6.45, 7) is -4.69. The van der Waals surface area contributed by atoms with Gasteiger partial charge in [-0.15, -0.1) is 10.2 Å². The topological polar surface area (TPSA) is 532 Å². The van der Waals surface area contributed by atoms with E-state index in [0.29, 0.717) is 0 Å². The highest BCUT2D eigenvalue weighted by atomic mass is 16.7. The second-order valence-corrected chi connectivity index (χ2v) is 18.1. The molecule has 36 heteroatoms. The fourth-order valence-corrected chi connectivity index (χ4v) is 8.47. The van der Waals surface area contributed by atoms with Crippen molar-refractivity contribution in [2.24, 2.45) is 0 Å². The van der Waals surface area contributed by atoms with E-state index in [1.807, 2.05) is 0 Å². The number of carbonyl (C=O) groups excluding carboxylic acids is 2. The summed E-state index contributed by atoms with van der Waals surface area (Å²) in [6.07, 6.45) is -32.4. The molecular formula is C43H62N8O28. The second-order valence-electron chi connectivity index (χ2n) is 18.1. The molecule has 20 atom stereocenters. The summed E-state index contributed by atoms with van der Waals surface area (Å²) in [5.74, 6) is -1.27. The number of aliphatic hydroxyl groups is 14. The predicted molar refractivity (Wildman–Crippen MR) is 244 cm³/mol. The number of aromatic nitrogens is 6. The number of aliphatic hydroxyl groups excluding tert-OH is 14. The fourth-order valence-electron chi connectivity index (χ4n) is 8.47. The molecule has 442 valence electrons. The molecule has 6 heterocycles. The molecule has 0 aliphatic carbocycles. The molecule has 36 nitrogen and oxygen atoms in total. The molecular weight excluding hydrogens is 1080 g/mol. The predicted octanol–water partition coefficient (Wildman–Crippen LogP) is -9.23. The molecule has 0 spiro atoms. The standard InChI is InChI=1S/C43H62N8O28/c52-10-21-25(56)27(58)33(64)40(76-21)78-35-23(12-54)74-37(31(62)29(35)60)50-8-17(46-48-50)14-72-42(68)44-1-3-70-19-5-16(39(66)67)6-20(7-19)71-4-2-45-43(69)73-15-18-9-51(49-47-18)38-32(63)30(61)36(24(13-55)75-38)79-41-34(65)28(59)26(57)22(11-53)77-41/h5-9,21-38,40-41,52-65H,1-4,10-15H2,(H,44,68)(H,45,69)(H,66,67)/t21-,22-,23-,24-,25+,26+,27+,28+,29-,30-,31-,32-,33-,34-,35+,36+,37-,38-,40-,41-/m1/s1. The Hall–Kier alpha value is -5.69. The van der Waals surface area contributed by atoms with Crippen LogP contribution < -0.4 is 20.1 Å². The molecule has 4 fully saturated rings. The highest BCUT2D eigenvalue weighted by Crippen LogP contribution is 2.35. The number of hydrogen-bond donors (Lipinski definition) is 17. The zero-order chi connectivity index (χ0) is 57.2. The van der Waals surface area contributed by atoms with Gasteiger partial charge < -0.3 is 135 Å². The third-order valence-corrected chi connectivity index (χ3v) is 12.7. The van der Waals surface area contributed by atoms with Gasteiger partial charge in [-0.05, 0) is 12.1 Å². The normalized spacial score (nSPS) is 34.8. The first-order valence-corrected chi connectivity index (χ1v) is 24.2. The largest absolute Gasteiger partial charge is 0.492 e. The zero-order valence-electron chi connectivity index (χ0n) is 41.2. The Kier molecular flexibility index (Phi) is 21.3. The van der Waals surface area contributed by atoms with Crippen LogP contribution in [-0.2, 0) is 51.1 Å². The smallest absolute Gasteiger partial charge is 0.407 e. The number of aromatic carboxylic acids is 1. The summed E-state index contributed by atoms with van der Waals surface area (Å²) in [7, 11) is 0. The van der Waals surface area contributed by atoms with Gasteiger partial charge in [0, 0.05) is 6.07 Å². The monoisotopic (exact) mass is 1140 g/mol. The molecule has 4 aliphatic rings. The molecule has 17 N–H and O–H groups in total. The van der Waals surface area contributed by atoms with Gasteiger partial charge in [-0.3, -0.25) is 0 Å². The molecule has 0 unspecified atom stereocenters. The molecule has 79 heavy (non-hydrogen) atoms. The molecule has 3 aromatic rings. The van der Waals surface area contributed by atoms with Crippen molar-refractivity contribution in [1.29, 1.82) is 0 Å². The number of carboxylic acids is 1. The lowest BCUT2D eigenvalue weighted by Crippen LogP contribution is -2.63. The maximum absolute atomic E-state index is 12.5. The van der Waals surface area contributed by atoms with Gasteiger partial charge in [0.15, 0.2) is 25.0 Å². The number of amides is 2. The van der Waals surface area contributed by atoms with E-state index in [9.17, 15) is 91.0 Å². The maximum atomic E-state index is 12.5. The molecule has 4 aliphatic heterocycles. The highest BCUT2D eigenvalue weighted by molar-refractivity contribution is 5.88. The number of alkyl carbamates (subject to hydrolysis) is 2. The SMILES string of the molecule is O=C(NCCOc1cc(OCCNC(=O)OCc2cn([C@@H]3O[C@H](CO)[C@H](O[C@H]4O[C@H](CO)[C@H](O)[C@H](O)[C@H]4O)[C@H](O)[C@H]3O)nn2)cc(C(=O)O)c1)OCc1cn([C@@H]2O[C@H](CO)[C@H](O[C@H]3O[C@H](CO)[C@H](O)[C@H](O)[C@H]3O)[C@H](O)[C@H]2O)nn1.